The van der Waals surface area contributed by atoms with Gasteiger partial charge >= 0.3 is 0 Å². The Morgan fingerprint density at radius 1 is 0.871 bits per heavy atom. The van der Waals surface area contributed by atoms with Crippen molar-refractivity contribution >= 4 is 11.7 Å². The molecule has 3 aromatic carbocycles. The van der Waals surface area contributed by atoms with Gasteiger partial charge in [0.1, 0.15) is 0 Å². The first-order valence-electron chi connectivity index (χ1n) is 10.4. The molecule has 1 N–H and O–H groups in total. The summed E-state index contributed by atoms with van der Waals surface area (Å²) in [7, 11) is 3.18. The summed E-state index contributed by atoms with van der Waals surface area (Å²) in [5.41, 5.74) is 3.99. The van der Waals surface area contributed by atoms with E-state index < -0.39 is 5.92 Å². The summed E-state index contributed by atoms with van der Waals surface area (Å²) in [6, 6.07) is 20.5. The van der Waals surface area contributed by atoms with Gasteiger partial charge in [0.05, 0.1) is 26.2 Å². The fourth-order valence-electron chi connectivity index (χ4n) is 5.03. The zero-order valence-corrected chi connectivity index (χ0v) is 17.4. The third-order valence-electron chi connectivity index (χ3n) is 6.44. The van der Waals surface area contributed by atoms with Gasteiger partial charge in [-0.2, -0.15) is 0 Å². The van der Waals surface area contributed by atoms with Gasteiger partial charge in [-0.1, -0.05) is 48.5 Å². The Balaban J connectivity index is 1.76. The van der Waals surface area contributed by atoms with Crippen molar-refractivity contribution in [3.8, 4) is 11.5 Å². The van der Waals surface area contributed by atoms with Gasteiger partial charge in [-0.05, 0) is 41.3 Å². The molecule has 5 heteroatoms. The lowest BCUT2D eigenvalue weighted by Gasteiger charge is -2.37. The molecule has 2 aliphatic rings. The molecule has 1 aliphatic heterocycles. The van der Waals surface area contributed by atoms with Crippen LogP contribution in [0.25, 0.3) is 0 Å². The maximum Gasteiger partial charge on any atom is 0.252 e. The van der Waals surface area contributed by atoms with E-state index in [2.05, 4.69) is 5.32 Å². The maximum atomic E-state index is 13.8. The minimum Gasteiger partial charge on any atom is -0.493 e. The van der Waals surface area contributed by atoms with Crippen molar-refractivity contribution in [2.24, 2.45) is 0 Å². The van der Waals surface area contributed by atoms with Gasteiger partial charge in [-0.3, -0.25) is 9.59 Å². The Labute approximate surface area is 181 Å². The number of benzene rings is 3. The van der Waals surface area contributed by atoms with E-state index in [9.17, 15) is 9.59 Å². The quantitative estimate of drug-likeness (QED) is 0.633. The normalized spacial score (nSPS) is 21.2. The zero-order chi connectivity index (χ0) is 21.5. The predicted octanol–water partition coefficient (Wildman–Crippen LogP) is 4.64. The van der Waals surface area contributed by atoms with Crippen LogP contribution < -0.4 is 14.8 Å². The number of ether oxygens (including phenoxy) is 2. The van der Waals surface area contributed by atoms with Crippen LogP contribution >= 0.6 is 0 Å². The lowest BCUT2D eigenvalue weighted by atomic mass is 9.67. The van der Waals surface area contributed by atoms with Crippen molar-refractivity contribution in [2.45, 2.75) is 24.3 Å². The van der Waals surface area contributed by atoms with Gasteiger partial charge in [0.15, 0.2) is 17.3 Å². The van der Waals surface area contributed by atoms with E-state index >= 15 is 0 Å². The molecule has 0 aromatic heterocycles. The number of carbonyl (C=O) groups excluding carboxylic acids is 2. The Morgan fingerprint density at radius 2 is 1.52 bits per heavy atom. The first-order valence-corrected chi connectivity index (χ1v) is 10.4. The second-order valence-corrected chi connectivity index (χ2v) is 8.00. The molecular formula is C26H23NO4. The van der Waals surface area contributed by atoms with Crippen LogP contribution in [0.1, 0.15) is 61.7 Å². The molecule has 2 bridgehead atoms. The molecule has 31 heavy (non-hydrogen) atoms. The molecule has 3 aromatic rings. The average Bonchev–Trinajstić information content (AvgIpc) is 2.94. The molecule has 1 heterocycles. The standard InChI is InChI=1S/C26H23NO4/c1-30-22-13-18-20(14-23(22)31-2)24(25(28)15-8-4-3-5-9-15)19-12-21(18)27-26(29)17-11-7-6-10-16(17)19/h3-11,13-14,19,21,24H,12H2,1-2H3,(H,27,29)/t19-,21-,24-/m0/s1. The SMILES string of the molecule is COc1cc2c(cc1OC)[C@@H](C(=O)c1ccccc1)[C@H]1C[C@@H]2NC(=O)c2ccccc21. The molecule has 0 spiro atoms. The maximum absolute atomic E-state index is 13.8. The van der Waals surface area contributed by atoms with E-state index in [4.69, 9.17) is 9.47 Å². The lowest BCUT2D eigenvalue weighted by molar-refractivity contribution is 0.0929. The molecule has 5 rings (SSSR count). The van der Waals surface area contributed by atoms with Crippen LogP contribution in [0.5, 0.6) is 11.5 Å². The van der Waals surface area contributed by atoms with E-state index in [-0.39, 0.29) is 23.7 Å². The van der Waals surface area contributed by atoms with Crippen LogP contribution in [0.2, 0.25) is 0 Å². The third-order valence-corrected chi connectivity index (χ3v) is 6.44. The first-order chi connectivity index (χ1) is 15.1. The number of Topliss-reactive ketones (excluding diaryl/α,β-unsaturated/α-hetero) is 1. The summed E-state index contributed by atoms with van der Waals surface area (Å²) >= 11 is 0. The molecule has 0 saturated carbocycles. The van der Waals surface area contributed by atoms with Crippen molar-refractivity contribution in [3.63, 3.8) is 0 Å². The van der Waals surface area contributed by atoms with Crippen LogP contribution in [0.15, 0.2) is 66.7 Å². The molecule has 0 fully saturated rings. The second kappa shape index (κ2) is 7.58. The van der Waals surface area contributed by atoms with Crippen LogP contribution in [0, 0.1) is 0 Å². The topological polar surface area (TPSA) is 64.6 Å². The van der Waals surface area contributed by atoms with Crippen molar-refractivity contribution in [1.82, 2.24) is 5.32 Å². The highest BCUT2D eigenvalue weighted by Gasteiger charge is 2.44. The van der Waals surface area contributed by atoms with E-state index in [1.807, 2.05) is 66.7 Å². The fraction of sp³-hybridized carbons (Fsp3) is 0.231. The molecule has 1 aliphatic carbocycles. The number of carbonyl (C=O) groups is 2. The minimum atomic E-state index is -0.428. The highest BCUT2D eigenvalue weighted by atomic mass is 16.5. The smallest absolute Gasteiger partial charge is 0.252 e. The number of methoxy groups -OCH3 is 2. The monoisotopic (exact) mass is 413 g/mol. The van der Waals surface area contributed by atoms with Gasteiger partial charge in [-0.15, -0.1) is 0 Å². The number of fused-ring (bicyclic) bond motifs is 6. The summed E-state index contributed by atoms with van der Waals surface area (Å²) in [6.07, 6.45) is 0.647. The lowest BCUT2D eigenvalue weighted by Crippen LogP contribution is -2.33. The summed E-state index contributed by atoms with van der Waals surface area (Å²) in [4.78, 5) is 26.9. The van der Waals surface area contributed by atoms with Gasteiger partial charge in [0.25, 0.3) is 5.91 Å². The molecule has 1 amide bonds. The summed E-state index contributed by atoms with van der Waals surface area (Å²) in [5, 5.41) is 3.16. The van der Waals surface area contributed by atoms with Crippen molar-refractivity contribution < 1.29 is 19.1 Å². The van der Waals surface area contributed by atoms with Crippen molar-refractivity contribution in [1.29, 1.82) is 0 Å². The van der Waals surface area contributed by atoms with E-state index in [1.165, 1.54) is 0 Å². The molecule has 156 valence electrons. The Bertz CT molecular complexity index is 1170. The Hall–Kier alpha value is -3.60. The first kappa shape index (κ1) is 19.4. The van der Waals surface area contributed by atoms with E-state index in [0.29, 0.717) is 29.0 Å². The molecule has 0 saturated heterocycles. The van der Waals surface area contributed by atoms with Crippen LogP contribution in [0.3, 0.4) is 0 Å². The van der Waals surface area contributed by atoms with Crippen molar-refractivity contribution in [3.05, 3.63) is 94.5 Å². The fourth-order valence-corrected chi connectivity index (χ4v) is 5.03. The van der Waals surface area contributed by atoms with Gasteiger partial charge in [-0.25, -0.2) is 0 Å². The molecule has 0 unspecified atom stereocenters. The van der Waals surface area contributed by atoms with Gasteiger partial charge in [0, 0.05) is 17.0 Å². The van der Waals surface area contributed by atoms with Crippen LogP contribution in [-0.2, 0) is 0 Å². The minimum absolute atomic E-state index is 0.0432. The van der Waals surface area contributed by atoms with E-state index in [0.717, 1.165) is 16.7 Å². The number of hydrogen-bond acceptors (Lipinski definition) is 4. The number of hydrogen-bond donors (Lipinski definition) is 1. The number of ketones is 1. The summed E-state index contributed by atoms with van der Waals surface area (Å²) in [5.74, 6) is 0.533. The predicted molar refractivity (Wildman–Crippen MR) is 117 cm³/mol. The number of nitrogens with one attached hydrogen (secondary N) is 1. The van der Waals surface area contributed by atoms with Crippen LogP contribution in [0.4, 0.5) is 0 Å². The Morgan fingerprint density at radius 3 is 2.23 bits per heavy atom. The van der Waals surface area contributed by atoms with Gasteiger partial charge in [0.2, 0.25) is 0 Å². The Kier molecular flexibility index (Phi) is 4.74. The summed E-state index contributed by atoms with van der Waals surface area (Å²) in [6.45, 7) is 0. The molecule has 3 atom stereocenters. The number of amides is 1. The molecule has 0 radical (unpaired) electrons. The summed E-state index contributed by atoms with van der Waals surface area (Å²) < 4.78 is 11.1. The molecule has 5 nitrogen and oxygen atoms in total. The second-order valence-electron chi connectivity index (χ2n) is 8.00. The van der Waals surface area contributed by atoms with E-state index in [1.54, 1.807) is 14.2 Å². The largest absolute Gasteiger partial charge is 0.493 e. The highest BCUT2D eigenvalue weighted by Crippen LogP contribution is 2.52. The van der Waals surface area contributed by atoms with Crippen LogP contribution in [-0.4, -0.2) is 25.9 Å². The third kappa shape index (κ3) is 3.08. The van der Waals surface area contributed by atoms with Gasteiger partial charge < -0.3 is 14.8 Å². The highest BCUT2D eigenvalue weighted by molar-refractivity contribution is 6.03. The zero-order valence-electron chi connectivity index (χ0n) is 17.4. The average molecular weight is 413 g/mol. The number of rotatable bonds is 4. The molecular weight excluding hydrogens is 390 g/mol. The van der Waals surface area contributed by atoms with Crippen molar-refractivity contribution in [2.75, 3.05) is 14.2 Å².